The molecule has 202 valence electrons. The molecule has 40 heavy (non-hydrogen) atoms. The van der Waals surface area contributed by atoms with E-state index in [0.717, 1.165) is 35.3 Å². The molecule has 0 bridgehead atoms. The Kier molecular flexibility index (Phi) is 5.79. The van der Waals surface area contributed by atoms with Crippen LogP contribution >= 0.6 is 0 Å². The molecule has 3 unspecified atom stereocenters. The van der Waals surface area contributed by atoms with E-state index in [4.69, 9.17) is 0 Å². The molecule has 0 fully saturated rings. The van der Waals surface area contributed by atoms with Crippen LogP contribution in [0, 0.1) is 19.8 Å². The van der Waals surface area contributed by atoms with Crippen LogP contribution in [-0.4, -0.2) is 13.0 Å². The highest BCUT2D eigenvalue weighted by molar-refractivity contribution is 7.92. The highest BCUT2D eigenvalue weighted by Crippen LogP contribution is 2.50. The monoisotopic (exact) mass is 547 g/mol. The summed E-state index contributed by atoms with van der Waals surface area (Å²) in [6.45, 7) is 6.97. The number of nitrogens with one attached hydrogen (secondary N) is 2. The molecular formula is C34H33N3O2S. The Morgan fingerprint density at radius 3 is 2.48 bits per heavy atom. The van der Waals surface area contributed by atoms with Gasteiger partial charge in [0, 0.05) is 40.0 Å². The lowest BCUT2D eigenvalue weighted by Crippen LogP contribution is -2.29. The summed E-state index contributed by atoms with van der Waals surface area (Å²) in [6.07, 6.45) is 5.46. The lowest BCUT2D eigenvalue weighted by atomic mass is 9.77. The molecule has 6 heteroatoms. The van der Waals surface area contributed by atoms with E-state index in [2.05, 4.69) is 76.1 Å². The van der Waals surface area contributed by atoms with Crippen molar-refractivity contribution < 1.29 is 8.42 Å². The molecule has 0 amide bonds. The molecular weight excluding hydrogens is 514 g/mol. The van der Waals surface area contributed by atoms with E-state index in [0.29, 0.717) is 16.5 Å². The van der Waals surface area contributed by atoms with Gasteiger partial charge >= 0.3 is 0 Å². The summed E-state index contributed by atoms with van der Waals surface area (Å²) in [5.74, 6) is 0.471. The first-order valence-corrected chi connectivity index (χ1v) is 15.5. The predicted octanol–water partition coefficient (Wildman–Crippen LogP) is 8.06. The number of allylic oxidation sites excluding steroid dienone is 2. The van der Waals surface area contributed by atoms with Crippen LogP contribution in [0.15, 0.2) is 95.9 Å². The van der Waals surface area contributed by atoms with Gasteiger partial charge in [0.25, 0.3) is 10.0 Å². The van der Waals surface area contributed by atoms with Crippen LogP contribution < -0.4 is 10.0 Å². The molecule has 3 atom stereocenters. The highest BCUT2D eigenvalue weighted by Gasteiger charge is 2.38. The molecule has 0 saturated heterocycles. The molecule has 5 nitrogen and oxygen atoms in total. The Balaban J connectivity index is 1.27. The minimum atomic E-state index is -3.74. The van der Waals surface area contributed by atoms with Gasteiger partial charge in [0.2, 0.25) is 0 Å². The zero-order chi connectivity index (χ0) is 27.6. The minimum absolute atomic E-state index is 0.135. The third-order valence-corrected chi connectivity index (χ3v) is 10.2. The summed E-state index contributed by atoms with van der Waals surface area (Å²) in [6, 6.07) is 27.0. The SMILES string of the molecule is CCn1c2ccccc2c2cc(C3Nc4ccc(S(=O)(=O)Nc5c(C)cccc5C)cc4C4C=CCC43)ccc21. The van der Waals surface area contributed by atoms with Crippen molar-refractivity contribution in [2.75, 3.05) is 10.0 Å². The van der Waals surface area contributed by atoms with Crippen molar-refractivity contribution in [2.45, 2.75) is 50.6 Å². The lowest BCUT2D eigenvalue weighted by Gasteiger charge is -2.37. The Labute approximate surface area is 235 Å². The number of para-hydroxylation sites is 2. The van der Waals surface area contributed by atoms with Gasteiger partial charge in [-0.15, -0.1) is 0 Å². The number of nitrogens with zero attached hydrogens (tertiary/aromatic N) is 1. The molecule has 0 saturated carbocycles. The van der Waals surface area contributed by atoms with Crippen molar-refractivity contribution in [1.29, 1.82) is 0 Å². The van der Waals surface area contributed by atoms with E-state index in [-0.39, 0.29) is 12.0 Å². The molecule has 7 rings (SSSR count). The zero-order valence-electron chi connectivity index (χ0n) is 23.0. The largest absolute Gasteiger partial charge is 0.378 e. The molecule has 4 aromatic carbocycles. The van der Waals surface area contributed by atoms with Gasteiger partial charge in [-0.3, -0.25) is 4.72 Å². The second kappa shape index (κ2) is 9.27. The number of hydrogen-bond acceptors (Lipinski definition) is 3. The maximum atomic E-state index is 13.5. The maximum absolute atomic E-state index is 13.5. The summed E-state index contributed by atoms with van der Waals surface area (Å²) in [5, 5.41) is 6.37. The number of hydrogen-bond donors (Lipinski definition) is 2. The second-order valence-electron chi connectivity index (χ2n) is 11.1. The predicted molar refractivity (Wildman–Crippen MR) is 165 cm³/mol. The fourth-order valence-corrected chi connectivity index (χ4v) is 8.08. The van der Waals surface area contributed by atoms with Crippen LogP contribution in [0.4, 0.5) is 11.4 Å². The first-order chi connectivity index (χ1) is 19.4. The Bertz CT molecular complexity index is 1920. The smallest absolute Gasteiger partial charge is 0.261 e. The van der Waals surface area contributed by atoms with E-state index in [1.807, 2.05) is 44.2 Å². The fourth-order valence-electron chi connectivity index (χ4n) is 6.84. The van der Waals surface area contributed by atoms with Gasteiger partial charge in [0.05, 0.1) is 16.6 Å². The van der Waals surface area contributed by atoms with Crippen LogP contribution in [0.5, 0.6) is 0 Å². The molecule has 0 spiro atoms. The summed E-state index contributed by atoms with van der Waals surface area (Å²) >= 11 is 0. The van der Waals surface area contributed by atoms with Crippen LogP contribution in [0.3, 0.4) is 0 Å². The van der Waals surface area contributed by atoms with E-state index >= 15 is 0 Å². The Hall–Kier alpha value is -4.03. The average molecular weight is 548 g/mol. The standard InChI is InChI=1S/C34H33N3O2S/c1-4-37-31-14-6-5-11-26(31)29-19-23(15-18-32(29)37)34-27-13-8-12-25(27)28-20-24(16-17-30(28)35-34)40(38,39)36-33-21(2)9-7-10-22(33)3/h5-12,14-20,25,27,34-36H,4,13H2,1-3H3. The van der Waals surface area contributed by atoms with Crippen molar-refractivity contribution in [1.82, 2.24) is 4.57 Å². The average Bonchev–Trinajstić information content (AvgIpc) is 3.57. The maximum Gasteiger partial charge on any atom is 0.261 e. The number of anilines is 2. The fraction of sp³-hybridized carbons (Fsp3) is 0.235. The molecule has 5 aromatic rings. The first-order valence-electron chi connectivity index (χ1n) is 14.0. The van der Waals surface area contributed by atoms with Crippen molar-refractivity contribution in [3.63, 3.8) is 0 Å². The van der Waals surface area contributed by atoms with E-state index in [9.17, 15) is 8.42 Å². The first kappa shape index (κ1) is 25.0. The van der Waals surface area contributed by atoms with Crippen LogP contribution in [-0.2, 0) is 16.6 Å². The van der Waals surface area contributed by atoms with E-state index < -0.39 is 10.0 Å². The molecule has 1 aromatic heterocycles. The molecule has 0 radical (unpaired) electrons. The summed E-state index contributed by atoms with van der Waals surface area (Å²) in [5.41, 5.74) is 8.30. The van der Waals surface area contributed by atoms with Crippen LogP contribution in [0.2, 0.25) is 0 Å². The number of benzene rings is 4. The van der Waals surface area contributed by atoms with E-state index in [1.54, 1.807) is 6.07 Å². The third-order valence-electron chi connectivity index (χ3n) is 8.83. The number of rotatable bonds is 5. The molecule has 2 aliphatic rings. The van der Waals surface area contributed by atoms with Crippen molar-refractivity contribution >= 4 is 43.2 Å². The van der Waals surface area contributed by atoms with Crippen molar-refractivity contribution in [2.24, 2.45) is 5.92 Å². The second-order valence-corrected chi connectivity index (χ2v) is 12.8. The van der Waals surface area contributed by atoms with Crippen molar-refractivity contribution in [3.8, 4) is 0 Å². The Morgan fingerprint density at radius 1 is 0.900 bits per heavy atom. The molecule has 1 aliphatic carbocycles. The summed E-state index contributed by atoms with van der Waals surface area (Å²) < 4.78 is 32.2. The number of fused-ring (bicyclic) bond motifs is 6. The highest BCUT2D eigenvalue weighted by atomic mass is 32.2. The van der Waals surface area contributed by atoms with Gasteiger partial charge in [0.1, 0.15) is 0 Å². The number of aryl methyl sites for hydroxylation is 3. The zero-order valence-corrected chi connectivity index (χ0v) is 23.8. The molecule has 2 heterocycles. The summed E-state index contributed by atoms with van der Waals surface area (Å²) in [4.78, 5) is 0.294. The quantitative estimate of drug-likeness (QED) is 0.219. The van der Waals surface area contributed by atoms with Gasteiger partial charge in [0.15, 0.2) is 0 Å². The molecule has 2 N–H and O–H groups in total. The van der Waals surface area contributed by atoms with Crippen molar-refractivity contribution in [3.05, 3.63) is 113 Å². The van der Waals surface area contributed by atoms with Gasteiger partial charge in [-0.05, 0) is 91.8 Å². The van der Waals surface area contributed by atoms with Gasteiger partial charge in [-0.25, -0.2) is 8.42 Å². The molecule has 1 aliphatic heterocycles. The normalized spacial score (nSPS) is 19.9. The van der Waals surface area contributed by atoms with Gasteiger partial charge < -0.3 is 9.88 Å². The lowest BCUT2D eigenvalue weighted by molar-refractivity contribution is 0.425. The number of aromatic nitrogens is 1. The van der Waals surface area contributed by atoms with E-state index in [1.165, 1.54) is 27.4 Å². The van der Waals surface area contributed by atoms with Crippen LogP contribution in [0.1, 0.15) is 47.6 Å². The summed E-state index contributed by atoms with van der Waals surface area (Å²) in [7, 11) is -3.74. The van der Waals surface area contributed by atoms with Crippen LogP contribution in [0.25, 0.3) is 21.8 Å². The topological polar surface area (TPSA) is 63.1 Å². The van der Waals surface area contributed by atoms with Gasteiger partial charge in [-0.2, -0.15) is 0 Å². The number of sulfonamides is 1. The van der Waals surface area contributed by atoms with Gasteiger partial charge in [-0.1, -0.05) is 54.6 Å². The minimum Gasteiger partial charge on any atom is -0.378 e. The third kappa shape index (κ3) is 3.85. The Morgan fingerprint density at radius 2 is 1.68 bits per heavy atom.